The Bertz CT molecular complexity index is 158. The van der Waals surface area contributed by atoms with Crippen molar-refractivity contribution in [3.05, 3.63) is 0 Å². The van der Waals surface area contributed by atoms with E-state index in [0.717, 1.165) is 6.42 Å². The van der Waals surface area contributed by atoms with E-state index >= 15 is 0 Å². The number of hydrogen-bond acceptors (Lipinski definition) is 2. The van der Waals surface area contributed by atoms with E-state index < -0.39 is 0 Å². The fourth-order valence-electron chi connectivity index (χ4n) is 0.962. The molecule has 3 atom stereocenters. The SMILES string of the molecule is CNC(C)C(=O)NC1CC1C. The molecule has 0 saturated heterocycles. The third-order valence-corrected chi connectivity index (χ3v) is 2.26. The van der Waals surface area contributed by atoms with Crippen LogP contribution in [0.25, 0.3) is 0 Å². The molecule has 0 radical (unpaired) electrons. The molecule has 0 spiro atoms. The molecule has 1 rings (SSSR count). The summed E-state index contributed by atoms with van der Waals surface area (Å²) in [5, 5.41) is 5.85. The lowest BCUT2D eigenvalue weighted by molar-refractivity contribution is -0.122. The summed E-state index contributed by atoms with van der Waals surface area (Å²) in [5.74, 6) is 0.796. The van der Waals surface area contributed by atoms with Crippen LogP contribution in [0.3, 0.4) is 0 Å². The van der Waals surface area contributed by atoms with Crippen LogP contribution in [0, 0.1) is 5.92 Å². The molecule has 1 amide bonds. The van der Waals surface area contributed by atoms with Crippen LogP contribution in [0.5, 0.6) is 0 Å². The van der Waals surface area contributed by atoms with Gasteiger partial charge in [0.1, 0.15) is 0 Å². The Morgan fingerprint density at radius 1 is 1.64 bits per heavy atom. The van der Waals surface area contributed by atoms with Gasteiger partial charge in [0.05, 0.1) is 6.04 Å². The molecule has 11 heavy (non-hydrogen) atoms. The van der Waals surface area contributed by atoms with Gasteiger partial charge >= 0.3 is 0 Å². The third kappa shape index (κ3) is 2.19. The van der Waals surface area contributed by atoms with Gasteiger partial charge in [0, 0.05) is 6.04 Å². The van der Waals surface area contributed by atoms with Gasteiger partial charge in [-0.1, -0.05) is 6.92 Å². The smallest absolute Gasteiger partial charge is 0.237 e. The molecule has 1 saturated carbocycles. The first-order valence-corrected chi connectivity index (χ1v) is 4.12. The van der Waals surface area contributed by atoms with Crippen LogP contribution < -0.4 is 10.6 Å². The molecule has 0 aromatic carbocycles. The Hall–Kier alpha value is -0.570. The maximum Gasteiger partial charge on any atom is 0.237 e. The van der Waals surface area contributed by atoms with E-state index in [2.05, 4.69) is 17.6 Å². The molecular weight excluding hydrogens is 140 g/mol. The van der Waals surface area contributed by atoms with Crippen molar-refractivity contribution in [3.8, 4) is 0 Å². The first-order valence-electron chi connectivity index (χ1n) is 4.12. The lowest BCUT2D eigenvalue weighted by Crippen LogP contribution is -2.41. The van der Waals surface area contributed by atoms with Crippen LogP contribution in [-0.2, 0) is 4.79 Å². The second kappa shape index (κ2) is 3.22. The van der Waals surface area contributed by atoms with Gasteiger partial charge in [0.25, 0.3) is 0 Å². The van der Waals surface area contributed by atoms with E-state index in [4.69, 9.17) is 0 Å². The van der Waals surface area contributed by atoms with Crippen molar-refractivity contribution in [1.29, 1.82) is 0 Å². The predicted molar refractivity (Wildman–Crippen MR) is 44.2 cm³/mol. The maximum absolute atomic E-state index is 11.2. The Labute approximate surface area is 67.5 Å². The summed E-state index contributed by atoms with van der Waals surface area (Å²) < 4.78 is 0. The third-order valence-electron chi connectivity index (χ3n) is 2.26. The summed E-state index contributed by atoms with van der Waals surface area (Å²) in [6.07, 6.45) is 1.14. The van der Waals surface area contributed by atoms with Crippen molar-refractivity contribution >= 4 is 5.91 Å². The zero-order valence-electron chi connectivity index (χ0n) is 7.35. The number of amides is 1. The Kier molecular flexibility index (Phi) is 2.49. The molecule has 3 heteroatoms. The van der Waals surface area contributed by atoms with Gasteiger partial charge < -0.3 is 10.6 Å². The summed E-state index contributed by atoms with van der Waals surface area (Å²) in [6, 6.07) is 0.376. The Balaban J connectivity index is 2.21. The van der Waals surface area contributed by atoms with E-state index in [-0.39, 0.29) is 11.9 Å². The molecule has 0 heterocycles. The van der Waals surface area contributed by atoms with Crippen molar-refractivity contribution in [2.75, 3.05) is 7.05 Å². The topological polar surface area (TPSA) is 41.1 Å². The van der Waals surface area contributed by atoms with Crippen LogP contribution in [-0.4, -0.2) is 25.0 Å². The molecule has 1 fully saturated rings. The molecule has 2 N–H and O–H groups in total. The van der Waals surface area contributed by atoms with Gasteiger partial charge in [-0.2, -0.15) is 0 Å². The first kappa shape index (κ1) is 8.53. The van der Waals surface area contributed by atoms with Gasteiger partial charge in [-0.15, -0.1) is 0 Å². The molecule has 1 aliphatic carbocycles. The average Bonchev–Trinajstić information content (AvgIpc) is 2.65. The Morgan fingerprint density at radius 2 is 2.18 bits per heavy atom. The molecular formula is C8H16N2O. The van der Waals surface area contributed by atoms with E-state index in [9.17, 15) is 4.79 Å². The summed E-state index contributed by atoms with van der Waals surface area (Å²) in [5.41, 5.74) is 0. The second-order valence-electron chi connectivity index (χ2n) is 3.34. The van der Waals surface area contributed by atoms with Crippen LogP contribution in [0.1, 0.15) is 20.3 Å². The number of carbonyl (C=O) groups is 1. The zero-order valence-corrected chi connectivity index (χ0v) is 7.35. The summed E-state index contributed by atoms with van der Waals surface area (Å²) >= 11 is 0. The van der Waals surface area contributed by atoms with Crippen molar-refractivity contribution in [2.24, 2.45) is 5.92 Å². The van der Waals surface area contributed by atoms with E-state index in [0.29, 0.717) is 12.0 Å². The minimum Gasteiger partial charge on any atom is -0.352 e. The summed E-state index contributed by atoms with van der Waals surface area (Å²) in [7, 11) is 1.79. The van der Waals surface area contributed by atoms with Gasteiger partial charge in [0.2, 0.25) is 5.91 Å². The Morgan fingerprint density at radius 3 is 2.55 bits per heavy atom. The number of rotatable bonds is 3. The lowest BCUT2D eigenvalue weighted by atomic mass is 10.3. The number of carbonyl (C=O) groups excluding carboxylic acids is 1. The van der Waals surface area contributed by atoms with Crippen molar-refractivity contribution in [3.63, 3.8) is 0 Å². The highest BCUT2D eigenvalue weighted by Gasteiger charge is 2.34. The maximum atomic E-state index is 11.2. The van der Waals surface area contributed by atoms with Gasteiger partial charge in [-0.05, 0) is 26.3 Å². The quantitative estimate of drug-likeness (QED) is 0.609. The van der Waals surface area contributed by atoms with E-state index in [1.807, 2.05) is 6.92 Å². The lowest BCUT2D eigenvalue weighted by Gasteiger charge is -2.09. The molecule has 0 aromatic heterocycles. The zero-order chi connectivity index (χ0) is 8.43. The number of likely N-dealkylation sites (N-methyl/N-ethyl adjacent to an activating group) is 1. The minimum absolute atomic E-state index is 0.0669. The minimum atomic E-state index is -0.0669. The molecule has 0 aliphatic heterocycles. The average molecular weight is 156 g/mol. The molecule has 3 unspecified atom stereocenters. The van der Waals surface area contributed by atoms with Crippen molar-refractivity contribution in [1.82, 2.24) is 10.6 Å². The second-order valence-corrected chi connectivity index (χ2v) is 3.34. The number of hydrogen-bond donors (Lipinski definition) is 2. The largest absolute Gasteiger partial charge is 0.352 e. The normalized spacial score (nSPS) is 31.2. The van der Waals surface area contributed by atoms with Crippen LogP contribution in [0.15, 0.2) is 0 Å². The fourth-order valence-corrected chi connectivity index (χ4v) is 0.962. The van der Waals surface area contributed by atoms with Crippen LogP contribution >= 0.6 is 0 Å². The van der Waals surface area contributed by atoms with Crippen LogP contribution in [0.4, 0.5) is 0 Å². The summed E-state index contributed by atoms with van der Waals surface area (Å²) in [4.78, 5) is 11.2. The number of nitrogens with one attached hydrogen (secondary N) is 2. The standard InChI is InChI=1S/C8H16N2O/c1-5-4-7(5)10-8(11)6(2)9-3/h5-7,9H,4H2,1-3H3,(H,10,11). The van der Waals surface area contributed by atoms with Gasteiger partial charge in [-0.25, -0.2) is 0 Å². The predicted octanol–water partition coefficient (Wildman–Crippen LogP) is 0.119. The molecule has 0 aromatic rings. The molecule has 1 aliphatic rings. The van der Waals surface area contributed by atoms with Crippen molar-refractivity contribution in [2.45, 2.75) is 32.4 Å². The highest BCUT2D eigenvalue weighted by Crippen LogP contribution is 2.28. The molecule has 0 bridgehead atoms. The first-order chi connectivity index (χ1) is 5.15. The summed E-state index contributed by atoms with van der Waals surface area (Å²) in [6.45, 7) is 4.01. The molecule has 64 valence electrons. The van der Waals surface area contributed by atoms with E-state index in [1.54, 1.807) is 7.05 Å². The van der Waals surface area contributed by atoms with Crippen molar-refractivity contribution < 1.29 is 4.79 Å². The van der Waals surface area contributed by atoms with E-state index in [1.165, 1.54) is 0 Å². The molecule has 3 nitrogen and oxygen atoms in total. The highest BCUT2D eigenvalue weighted by molar-refractivity contribution is 5.81. The van der Waals surface area contributed by atoms with Gasteiger partial charge in [-0.3, -0.25) is 4.79 Å². The highest BCUT2D eigenvalue weighted by atomic mass is 16.2. The fraction of sp³-hybridized carbons (Fsp3) is 0.875. The van der Waals surface area contributed by atoms with Crippen LogP contribution in [0.2, 0.25) is 0 Å². The van der Waals surface area contributed by atoms with Gasteiger partial charge in [0.15, 0.2) is 0 Å². The monoisotopic (exact) mass is 156 g/mol.